The van der Waals surface area contributed by atoms with E-state index in [2.05, 4.69) is 34.9 Å². The van der Waals surface area contributed by atoms with Crippen molar-refractivity contribution in [3.63, 3.8) is 0 Å². The lowest BCUT2D eigenvalue weighted by Crippen LogP contribution is -2.17. The van der Waals surface area contributed by atoms with Gasteiger partial charge < -0.3 is 18.9 Å². The summed E-state index contributed by atoms with van der Waals surface area (Å²) in [7, 11) is 0. The first-order valence-corrected chi connectivity index (χ1v) is 13.3. The first-order chi connectivity index (χ1) is 22.5. The lowest BCUT2D eigenvalue weighted by molar-refractivity contribution is -0.275. The average molecular weight is 810 g/mol. The largest absolute Gasteiger partial charge is 0.573 e. The Morgan fingerprint density at radius 1 is 0.510 bits per heavy atom. The molecule has 0 saturated carbocycles. The molecule has 0 aliphatic carbocycles. The molecular formula is C32H24BrF12NO5. The third kappa shape index (κ3) is 19.6. The van der Waals surface area contributed by atoms with Gasteiger partial charge in [-0.2, -0.15) is 5.26 Å². The molecule has 0 amide bonds. The number of nitrogens with zero attached hydrogens (tertiary/aromatic N) is 1. The number of rotatable bonds is 6. The second-order valence-corrected chi connectivity index (χ2v) is 9.59. The van der Waals surface area contributed by atoms with Gasteiger partial charge in [0.2, 0.25) is 0 Å². The van der Waals surface area contributed by atoms with Gasteiger partial charge in [-0.05, 0) is 60.7 Å². The fourth-order valence-electron chi connectivity index (χ4n) is 3.26. The van der Waals surface area contributed by atoms with Crippen LogP contribution in [-0.4, -0.2) is 31.2 Å². The molecule has 0 atom stereocenters. The zero-order valence-corrected chi connectivity index (χ0v) is 25.2. The minimum absolute atomic E-state index is 0. The second kappa shape index (κ2) is 19.3. The molecule has 0 aromatic heterocycles. The molecule has 0 N–H and O–H groups in total. The predicted octanol–water partition coefficient (Wildman–Crippen LogP) is 11.8. The predicted molar refractivity (Wildman–Crippen MR) is 162 cm³/mol. The van der Waals surface area contributed by atoms with Gasteiger partial charge >= 0.3 is 25.4 Å². The Morgan fingerprint density at radius 2 is 0.824 bits per heavy atom. The fraction of sp³-hybridized carbons (Fsp3) is 0.188. The van der Waals surface area contributed by atoms with Crippen LogP contribution in [0.2, 0.25) is 0 Å². The van der Waals surface area contributed by atoms with Crippen molar-refractivity contribution in [2.75, 3.05) is 0 Å². The highest BCUT2D eigenvalue weighted by atomic mass is 79.9. The monoisotopic (exact) mass is 809 g/mol. The van der Waals surface area contributed by atoms with Crippen molar-refractivity contribution >= 4 is 21.7 Å². The van der Waals surface area contributed by atoms with E-state index in [-0.39, 0.29) is 43.0 Å². The molecule has 0 bridgehead atoms. The van der Waals surface area contributed by atoms with Gasteiger partial charge in [-0.3, -0.25) is 4.79 Å². The highest BCUT2D eigenvalue weighted by Gasteiger charge is 2.33. The van der Waals surface area contributed by atoms with Gasteiger partial charge in [0.05, 0.1) is 11.6 Å². The quantitative estimate of drug-likeness (QED) is 0.143. The van der Waals surface area contributed by atoms with Crippen LogP contribution in [0.1, 0.15) is 36.3 Å². The second-order valence-electron chi connectivity index (χ2n) is 8.67. The topological polar surface area (TPSA) is 77.8 Å². The molecule has 4 aromatic carbocycles. The zero-order valence-electron chi connectivity index (χ0n) is 23.6. The molecule has 0 aliphatic heterocycles. The summed E-state index contributed by atoms with van der Waals surface area (Å²) in [6.07, 6.45) is -19.2. The summed E-state index contributed by atoms with van der Waals surface area (Å²) in [5.74, 6) is -2.62. The molecular weight excluding hydrogens is 786 g/mol. The van der Waals surface area contributed by atoms with Gasteiger partial charge in [0.25, 0.3) is 0 Å². The van der Waals surface area contributed by atoms with Gasteiger partial charge in [-0.15, -0.1) is 52.7 Å². The van der Waals surface area contributed by atoms with Crippen molar-refractivity contribution < 1.29 is 76.4 Å². The van der Waals surface area contributed by atoms with E-state index in [1.54, 1.807) is 12.1 Å². The van der Waals surface area contributed by atoms with Gasteiger partial charge in [0.15, 0.2) is 5.78 Å². The minimum Gasteiger partial charge on any atom is -0.406 e. The summed E-state index contributed by atoms with van der Waals surface area (Å²) in [5.41, 5.74) is -0.233. The van der Waals surface area contributed by atoms with E-state index in [4.69, 9.17) is 5.26 Å². The van der Waals surface area contributed by atoms with Gasteiger partial charge in [0.1, 0.15) is 23.0 Å². The van der Waals surface area contributed by atoms with Crippen LogP contribution in [0.5, 0.6) is 23.0 Å². The molecule has 4 aromatic rings. The number of halogens is 13. The molecule has 6 nitrogen and oxygen atoms in total. The van der Waals surface area contributed by atoms with E-state index in [0.717, 1.165) is 48.5 Å². The summed E-state index contributed by atoms with van der Waals surface area (Å²) < 4.78 is 158. The van der Waals surface area contributed by atoms with Crippen LogP contribution in [0.25, 0.3) is 0 Å². The van der Waals surface area contributed by atoms with Crippen molar-refractivity contribution in [1.82, 2.24) is 0 Å². The summed E-state index contributed by atoms with van der Waals surface area (Å²) in [5, 5.41) is 8.37. The van der Waals surface area contributed by atoms with Crippen molar-refractivity contribution in [2.45, 2.75) is 40.3 Å². The summed E-state index contributed by atoms with van der Waals surface area (Å²) in [6.45, 7) is 0. The van der Waals surface area contributed by atoms with Crippen LogP contribution in [0.15, 0.2) is 102 Å². The van der Waals surface area contributed by atoms with E-state index in [0.29, 0.717) is 4.47 Å². The van der Waals surface area contributed by atoms with E-state index in [1.165, 1.54) is 42.5 Å². The first kappa shape index (κ1) is 45.9. The molecule has 19 heteroatoms. The number of ether oxygens (including phenoxy) is 4. The average Bonchev–Trinajstić information content (AvgIpc) is 2.94. The number of benzene rings is 4. The highest BCUT2D eigenvalue weighted by Crippen LogP contribution is 2.28. The summed E-state index contributed by atoms with van der Waals surface area (Å²) in [4.78, 5) is 12.2. The summed E-state index contributed by atoms with van der Waals surface area (Å²) in [6, 6.07) is 20.5. The molecule has 4 rings (SSSR count). The Balaban J connectivity index is 0.000000788. The molecule has 0 aliphatic rings. The van der Waals surface area contributed by atoms with Crippen LogP contribution in [0.3, 0.4) is 0 Å². The third-order valence-electron chi connectivity index (χ3n) is 4.89. The Hall–Kier alpha value is -5.12. The molecule has 51 heavy (non-hydrogen) atoms. The summed E-state index contributed by atoms with van der Waals surface area (Å²) >= 11 is 3.02. The fourth-order valence-corrected chi connectivity index (χ4v) is 3.64. The molecule has 278 valence electrons. The van der Waals surface area contributed by atoms with Crippen molar-refractivity contribution in [2.24, 2.45) is 0 Å². The van der Waals surface area contributed by atoms with E-state index in [1.807, 2.05) is 0 Å². The van der Waals surface area contributed by atoms with Crippen LogP contribution in [0, 0.1) is 11.3 Å². The number of hydrogen-bond donors (Lipinski definition) is 0. The van der Waals surface area contributed by atoms with Crippen LogP contribution in [0.4, 0.5) is 52.7 Å². The van der Waals surface area contributed by atoms with Crippen LogP contribution in [-0.2, 0) is 0 Å². The zero-order chi connectivity index (χ0) is 37.0. The Kier molecular flexibility index (Phi) is 17.4. The molecule has 0 radical (unpaired) electrons. The normalized spacial score (nSPS) is 11.0. The number of nitriles is 1. The van der Waals surface area contributed by atoms with E-state index in [9.17, 15) is 57.5 Å². The number of carbonyl (C=O) groups is 1. The number of carbonyl (C=O) groups excluding carboxylic acids is 1. The highest BCUT2D eigenvalue weighted by molar-refractivity contribution is 9.10. The maximum atomic E-state index is 12.2. The Bertz CT molecular complexity index is 1670. The lowest BCUT2D eigenvalue weighted by atomic mass is 10.0. The SMILES string of the molecule is C.C.FC(F)(F)Oc1cccc(Br)c1.N#Cc1cccc(OC(F)(F)F)c1.O=C(c1cccc(OC(F)(F)F)c1)c1cccc(OC(F)(F)F)c1. The van der Waals surface area contributed by atoms with Crippen molar-refractivity contribution in [3.05, 3.63) is 118 Å². The number of ketones is 1. The third-order valence-corrected chi connectivity index (χ3v) is 5.38. The van der Waals surface area contributed by atoms with Crippen LogP contribution < -0.4 is 18.9 Å². The van der Waals surface area contributed by atoms with Gasteiger partial charge in [-0.25, -0.2) is 0 Å². The molecule has 0 fully saturated rings. The molecule has 0 heterocycles. The first-order valence-electron chi connectivity index (χ1n) is 12.6. The number of hydrogen-bond acceptors (Lipinski definition) is 6. The molecule has 0 saturated heterocycles. The van der Waals surface area contributed by atoms with Crippen molar-refractivity contribution in [3.8, 4) is 29.1 Å². The molecule has 0 unspecified atom stereocenters. The van der Waals surface area contributed by atoms with Crippen LogP contribution >= 0.6 is 15.9 Å². The maximum absolute atomic E-state index is 12.2. The molecule has 0 spiro atoms. The maximum Gasteiger partial charge on any atom is 0.573 e. The van der Waals surface area contributed by atoms with Gasteiger partial charge in [0, 0.05) is 15.6 Å². The Morgan fingerprint density at radius 3 is 1.16 bits per heavy atom. The van der Waals surface area contributed by atoms with Crippen molar-refractivity contribution in [1.29, 1.82) is 5.26 Å². The number of alkyl halides is 12. The standard InChI is InChI=1S/C15H8F6O3.C8H4F3NO.C7H4BrF3O.2CH4/c16-14(17,18)23-11-5-1-3-9(7-11)13(22)10-4-2-6-12(8-10)24-15(19,20)21;9-8(10,11)13-7-3-1-2-6(4-7)5-12;8-5-2-1-3-6(4-5)12-7(9,10)11;;/h1-8H;1-4H;1-4H;2*1H4. The lowest BCUT2D eigenvalue weighted by Gasteiger charge is -2.11. The Labute approximate surface area is 290 Å². The van der Waals surface area contributed by atoms with E-state index >= 15 is 0 Å². The van der Waals surface area contributed by atoms with Gasteiger partial charge in [-0.1, -0.05) is 67.2 Å². The smallest absolute Gasteiger partial charge is 0.406 e. The van der Waals surface area contributed by atoms with E-state index < -0.39 is 42.7 Å². The minimum atomic E-state index is -4.93.